The number of rotatable bonds is 5. The van der Waals surface area contributed by atoms with Gasteiger partial charge in [0.05, 0.1) is 6.10 Å². The zero-order chi connectivity index (χ0) is 17.0. The fourth-order valence-corrected chi connectivity index (χ4v) is 2.82. The number of ether oxygens (including phenoxy) is 2. The molecule has 0 heterocycles. The maximum absolute atomic E-state index is 12.4. The topological polar surface area (TPSA) is 50.8 Å². The Labute approximate surface area is 135 Å². The number of hydrogen-bond donors (Lipinski definition) is 1. The summed E-state index contributed by atoms with van der Waals surface area (Å²) in [5.74, 6) is 0. The molecule has 1 fully saturated rings. The Morgan fingerprint density at radius 2 is 1.82 bits per heavy atom. The Morgan fingerprint density at radius 3 is 2.32 bits per heavy atom. The van der Waals surface area contributed by atoms with Crippen LogP contribution in [0.2, 0.25) is 0 Å². The molecule has 0 aliphatic heterocycles. The van der Waals surface area contributed by atoms with Gasteiger partial charge in [0.2, 0.25) is 0 Å². The van der Waals surface area contributed by atoms with Crippen molar-refractivity contribution in [2.75, 3.05) is 20.2 Å². The second kappa shape index (κ2) is 7.64. The second-order valence-corrected chi connectivity index (χ2v) is 8.07. The number of nitrogens with one attached hydrogen (secondary N) is 1. The lowest BCUT2D eigenvalue weighted by Crippen LogP contribution is -2.51. The van der Waals surface area contributed by atoms with Crippen molar-refractivity contribution < 1.29 is 14.3 Å². The van der Waals surface area contributed by atoms with E-state index in [1.807, 2.05) is 41.5 Å². The summed E-state index contributed by atoms with van der Waals surface area (Å²) in [5.41, 5.74) is -0.735. The lowest BCUT2D eigenvalue weighted by atomic mass is 10.1. The van der Waals surface area contributed by atoms with Crippen molar-refractivity contribution in [2.24, 2.45) is 0 Å². The van der Waals surface area contributed by atoms with Gasteiger partial charge < -0.3 is 19.7 Å². The maximum Gasteiger partial charge on any atom is 0.410 e. The molecule has 1 aliphatic carbocycles. The number of hydrogen-bond acceptors (Lipinski definition) is 4. The fourth-order valence-electron chi connectivity index (χ4n) is 2.82. The van der Waals surface area contributed by atoms with Gasteiger partial charge in [0, 0.05) is 31.8 Å². The summed E-state index contributed by atoms with van der Waals surface area (Å²) >= 11 is 0. The summed E-state index contributed by atoms with van der Waals surface area (Å²) in [6.45, 7) is 13.2. The highest BCUT2D eigenvalue weighted by Crippen LogP contribution is 2.22. The van der Waals surface area contributed by atoms with E-state index in [2.05, 4.69) is 5.32 Å². The van der Waals surface area contributed by atoms with Crippen molar-refractivity contribution in [1.82, 2.24) is 10.2 Å². The Balaban J connectivity index is 2.54. The van der Waals surface area contributed by atoms with Gasteiger partial charge in [-0.1, -0.05) is 0 Å². The Hall–Kier alpha value is -0.810. The average Bonchev–Trinajstić information content (AvgIpc) is 2.77. The monoisotopic (exact) mass is 314 g/mol. The van der Waals surface area contributed by atoms with E-state index < -0.39 is 5.60 Å². The summed E-state index contributed by atoms with van der Waals surface area (Å²) < 4.78 is 11.0. The van der Waals surface area contributed by atoms with E-state index in [0.29, 0.717) is 18.7 Å². The van der Waals surface area contributed by atoms with Gasteiger partial charge in [-0.3, -0.25) is 0 Å². The van der Waals surface area contributed by atoms with Crippen LogP contribution >= 0.6 is 0 Å². The summed E-state index contributed by atoms with van der Waals surface area (Å²) in [4.78, 5) is 14.2. The third-order valence-electron chi connectivity index (χ3n) is 3.92. The molecule has 0 bridgehead atoms. The third kappa shape index (κ3) is 6.13. The molecule has 1 N–H and O–H groups in total. The molecule has 1 amide bonds. The summed E-state index contributed by atoms with van der Waals surface area (Å²) in [6, 6.07) is 0.394. The number of carbonyl (C=O) groups excluding carboxylic acids is 1. The molecule has 5 nitrogen and oxygen atoms in total. The fraction of sp³-hybridized carbons (Fsp3) is 0.941. The van der Waals surface area contributed by atoms with Crippen LogP contribution in [-0.4, -0.2) is 54.5 Å². The molecule has 130 valence electrons. The van der Waals surface area contributed by atoms with Crippen LogP contribution in [0.4, 0.5) is 4.79 Å². The molecule has 1 saturated carbocycles. The van der Waals surface area contributed by atoms with E-state index in [1.54, 1.807) is 12.0 Å². The van der Waals surface area contributed by atoms with Gasteiger partial charge in [-0.2, -0.15) is 0 Å². The third-order valence-corrected chi connectivity index (χ3v) is 3.92. The first-order valence-corrected chi connectivity index (χ1v) is 8.31. The van der Waals surface area contributed by atoms with Crippen molar-refractivity contribution in [3.05, 3.63) is 0 Å². The van der Waals surface area contributed by atoms with E-state index in [1.165, 1.54) is 6.42 Å². The maximum atomic E-state index is 12.4. The Morgan fingerprint density at radius 1 is 1.18 bits per heavy atom. The molecule has 1 aliphatic rings. The Bertz CT molecular complexity index is 358. The SMILES string of the molecule is COC1CCCC1NCCN(C(=O)OC(C)(C)C)C(C)(C)C. The van der Waals surface area contributed by atoms with E-state index in [9.17, 15) is 4.79 Å². The predicted octanol–water partition coefficient (Wildman–Crippen LogP) is 3.18. The van der Waals surface area contributed by atoms with E-state index in [-0.39, 0.29) is 11.6 Å². The average molecular weight is 314 g/mol. The second-order valence-electron chi connectivity index (χ2n) is 8.07. The highest BCUT2D eigenvalue weighted by atomic mass is 16.6. The zero-order valence-electron chi connectivity index (χ0n) is 15.4. The quantitative estimate of drug-likeness (QED) is 0.847. The van der Waals surface area contributed by atoms with Crippen LogP contribution in [-0.2, 0) is 9.47 Å². The Kier molecular flexibility index (Phi) is 6.68. The van der Waals surface area contributed by atoms with Gasteiger partial charge in [-0.05, 0) is 60.8 Å². The number of amides is 1. The molecular weight excluding hydrogens is 280 g/mol. The van der Waals surface area contributed by atoms with Crippen molar-refractivity contribution in [2.45, 2.75) is 84.1 Å². The molecule has 22 heavy (non-hydrogen) atoms. The summed E-state index contributed by atoms with van der Waals surface area (Å²) in [5, 5.41) is 3.53. The highest BCUT2D eigenvalue weighted by Gasteiger charge is 2.31. The van der Waals surface area contributed by atoms with Crippen LogP contribution in [0.25, 0.3) is 0 Å². The highest BCUT2D eigenvalue weighted by molar-refractivity contribution is 5.69. The predicted molar refractivity (Wildman–Crippen MR) is 89.1 cm³/mol. The largest absolute Gasteiger partial charge is 0.444 e. The van der Waals surface area contributed by atoms with Crippen molar-refractivity contribution in [3.8, 4) is 0 Å². The van der Waals surface area contributed by atoms with Crippen molar-refractivity contribution in [3.63, 3.8) is 0 Å². The molecule has 0 radical (unpaired) electrons. The molecule has 0 saturated heterocycles. The lowest BCUT2D eigenvalue weighted by Gasteiger charge is -2.37. The van der Waals surface area contributed by atoms with Gasteiger partial charge in [0.25, 0.3) is 0 Å². The molecule has 0 spiro atoms. The van der Waals surface area contributed by atoms with E-state index in [4.69, 9.17) is 9.47 Å². The molecule has 5 heteroatoms. The van der Waals surface area contributed by atoms with Crippen LogP contribution in [0.3, 0.4) is 0 Å². The van der Waals surface area contributed by atoms with Gasteiger partial charge in [0.1, 0.15) is 5.60 Å². The van der Waals surface area contributed by atoms with Crippen LogP contribution in [0.15, 0.2) is 0 Å². The van der Waals surface area contributed by atoms with Gasteiger partial charge >= 0.3 is 6.09 Å². The van der Waals surface area contributed by atoms with Crippen LogP contribution in [0.1, 0.15) is 60.8 Å². The van der Waals surface area contributed by atoms with Gasteiger partial charge in [-0.25, -0.2) is 4.79 Å². The first-order chi connectivity index (χ1) is 10.0. The number of carbonyl (C=O) groups is 1. The minimum atomic E-state index is -0.472. The molecule has 0 aromatic rings. The van der Waals surface area contributed by atoms with E-state index in [0.717, 1.165) is 19.4 Å². The smallest absolute Gasteiger partial charge is 0.410 e. The minimum absolute atomic E-state index is 0.253. The molecule has 2 atom stereocenters. The first kappa shape index (κ1) is 19.2. The molecule has 1 rings (SSSR count). The molecule has 0 aromatic carbocycles. The molecule has 2 unspecified atom stereocenters. The van der Waals surface area contributed by atoms with Crippen LogP contribution in [0, 0.1) is 0 Å². The normalized spacial score (nSPS) is 22.7. The number of methoxy groups -OCH3 is 1. The molecular formula is C17H34N2O3. The van der Waals surface area contributed by atoms with Crippen molar-refractivity contribution in [1.29, 1.82) is 0 Å². The first-order valence-electron chi connectivity index (χ1n) is 8.31. The number of nitrogens with zero attached hydrogens (tertiary/aromatic N) is 1. The van der Waals surface area contributed by atoms with E-state index >= 15 is 0 Å². The lowest BCUT2D eigenvalue weighted by molar-refractivity contribution is 0.00597. The minimum Gasteiger partial charge on any atom is -0.444 e. The van der Waals surface area contributed by atoms with Gasteiger partial charge in [0.15, 0.2) is 0 Å². The zero-order valence-corrected chi connectivity index (χ0v) is 15.4. The standard InChI is InChI=1S/C17H34N2O3/c1-16(2,3)19(15(20)22-17(4,5)6)12-11-18-13-9-8-10-14(13)21-7/h13-14,18H,8-12H2,1-7H3. The molecule has 0 aromatic heterocycles. The summed E-state index contributed by atoms with van der Waals surface area (Å²) in [7, 11) is 1.77. The van der Waals surface area contributed by atoms with Crippen LogP contribution in [0.5, 0.6) is 0 Å². The van der Waals surface area contributed by atoms with Gasteiger partial charge in [-0.15, -0.1) is 0 Å². The van der Waals surface area contributed by atoms with Crippen molar-refractivity contribution >= 4 is 6.09 Å². The van der Waals surface area contributed by atoms with Crippen LogP contribution < -0.4 is 5.32 Å². The summed E-state index contributed by atoms with van der Waals surface area (Å²) in [6.07, 6.45) is 3.50.